The van der Waals surface area contributed by atoms with E-state index in [1.165, 1.54) is 5.01 Å². The lowest BCUT2D eigenvalue weighted by atomic mass is 10.2. The van der Waals surface area contributed by atoms with E-state index in [4.69, 9.17) is 4.52 Å². The van der Waals surface area contributed by atoms with E-state index < -0.39 is 0 Å². The predicted octanol–water partition coefficient (Wildman–Crippen LogP) is 2.50. The van der Waals surface area contributed by atoms with Crippen molar-refractivity contribution >= 4 is 11.3 Å². The molecule has 1 N–H and O–H groups in total. The lowest BCUT2D eigenvalue weighted by Gasteiger charge is -2.08. The monoisotopic (exact) mass is 266 g/mol. The van der Waals surface area contributed by atoms with E-state index in [1.807, 2.05) is 6.92 Å². The second-order valence-corrected chi connectivity index (χ2v) is 5.02. The van der Waals surface area contributed by atoms with E-state index in [9.17, 15) is 0 Å². The highest BCUT2D eigenvalue weighted by Gasteiger charge is 2.11. The third-order valence-corrected chi connectivity index (χ3v) is 3.71. The molecule has 0 fully saturated rings. The van der Waals surface area contributed by atoms with Gasteiger partial charge in [0.15, 0.2) is 5.82 Å². The molecule has 0 bridgehead atoms. The molecule has 0 aliphatic rings. The molecule has 0 saturated carbocycles. The Kier molecular flexibility index (Phi) is 4.43. The van der Waals surface area contributed by atoms with Crippen LogP contribution in [0.4, 0.5) is 0 Å². The average molecular weight is 266 g/mol. The SMILES string of the molecule is CCc1nc(CN[C@H](C)c2csc(CC)n2)no1. The van der Waals surface area contributed by atoms with Crippen molar-refractivity contribution in [3.63, 3.8) is 0 Å². The molecule has 6 heteroatoms. The van der Waals surface area contributed by atoms with Crippen LogP contribution in [0.1, 0.15) is 49.2 Å². The maximum atomic E-state index is 5.06. The highest BCUT2D eigenvalue weighted by Crippen LogP contribution is 2.17. The largest absolute Gasteiger partial charge is 0.339 e. The molecule has 2 aromatic rings. The van der Waals surface area contributed by atoms with Crippen molar-refractivity contribution in [3.8, 4) is 0 Å². The predicted molar refractivity (Wildman–Crippen MR) is 70.4 cm³/mol. The van der Waals surface area contributed by atoms with Gasteiger partial charge in [-0.15, -0.1) is 11.3 Å². The first kappa shape index (κ1) is 13.2. The van der Waals surface area contributed by atoms with Crippen molar-refractivity contribution in [2.75, 3.05) is 0 Å². The molecular weight excluding hydrogens is 248 g/mol. The minimum absolute atomic E-state index is 0.199. The van der Waals surface area contributed by atoms with Crippen LogP contribution in [-0.2, 0) is 19.4 Å². The molecule has 1 atom stereocenters. The molecule has 98 valence electrons. The first-order chi connectivity index (χ1) is 8.72. The summed E-state index contributed by atoms with van der Waals surface area (Å²) in [5.41, 5.74) is 1.08. The van der Waals surface area contributed by atoms with Crippen molar-refractivity contribution in [1.82, 2.24) is 20.4 Å². The fourth-order valence-corrected chi connectivity index (χ4v) is 2.38. The summed E-state index contributed by atoms with van der Waals surface area (Å²) in [5.74, 6) is 1.38. The van der Waals surface area contributed by atoms with Crippen LogP contribution in [0, 0.1) is 0 Å². The number of aryl methyl sites for hydroxylation is 2. The van der Waals surface area contributed by atoms with Crippen LogP contribution in [0.2, 0.25) is 0 Å². The molecular formula is C12H18N4OS. The maximum absolute atomic E-state index is 5.06. The molecule has 0 aliphatic carbocycles. The highest BCUT2D eigenvalue weighted by atomic mass is 32.1. The Labute approximate surface area is 111 Å². The Morgan fingerprint density at radius 2 is 2.17 bits per heavy atom. The van der Waals surface area contributed by atoms with Gasteiger partial charge in [-0.2, -0.15) is 4.98 Å². The summed E-state index contributed by atoms with van der Waals surface area (Å²) in [4.78, 5) is 8.81. The van der Waals surface area contributed by atoms with Crippen molar-refractivity contribution in [2.45, 2.75) is 46.2 Å². The zero-order chi connectivity index (χ0) is 13.0. The Balaban J connectivity index is 1.89. The van der Waals surface area contributed by atoms with Crippen LogP contribution < -0.4 is 5.32 Å². The van der Waals surface area contributed by atoms with Gasteiger partial charge in [-0.3, -0.25) is 0 Å². The normalized spacial score (nSPS) is 12.8. The zero-order valence-corrected chi connectivity index (χ0v) is 11.8. The van der Waals surface area contributed by atoms with Crippen LogP contribution in [-0.4, -0.2) is 15.1 Å². The van der Waals surface area contributed by atoms with Crippen LogP contribution in [0.3, 0.4) is 0 Å². The fraction of sp³-hybridized carbons (Fsp3) is 0.583. The minimum Gasteiger partial charge on any atom is -0.339 e. The molecule has 0 radical (unpaired) electrons. The molecule has 0 unspecified atom stereocenters. The Morgan fingerprint density at radius 1 is 1.33 bits per heavy atom. The standard InChI is InChI=1S/C12H18N4OS/c1-4-11-15-10(16-17-11)6-13-8(3)9-7-18-12(5-2)14-9/h7-8,13H,4-6H2,1-3H3/t8-/m1/s1. The van der Waals surface area contributed by atoms with Gasteiger partial charge in [-0.25, -0.2) is 4.98 Å². The van der Waals surface area contributed by atoms with E-state index in [2.05, 4.69) is 39.7 Å². The summed E-state index contributed by atoms with van der Waals surface area (Å²) in [6.07, 6.45) is 1.76. The van der Waals surface area contributed by atoms with Gasteiger partial charge in [-0.05, 0) is 13.3 Å². The molecule has 0 amide bonds. The summed E-state index contributed by atoms with van der Waals surface area (Å²) in [7, 11) is 0. The van der Waals surface area contributed by atoms with Gasteiger partial charge in [0.25, 0.3) is 0 Å². The summed E-state index contributed by atoms with van der Waals surface area (Å²) in [5, 5.41) is 10.5. The summed E-state index contributed by atoms with van der Waals surface area (Å²) >= 11 is 1.71. The minimum atomic E-state index is 0.199. The number of thiazole rings is 1. The van der Waals surface area contributed by atoms with Gasteiger partial charge in [0, 0.05) is 17.8 Å². The third kappa shape index (κ3) is 3.14. The lowest BCUT2D eigenvalue weighted by Crippen LogP contribution is -2.19. The van der Waals surface area contributed by atoms with Crippen LogP contribution in [0.25, 0.3) is 0 Å². The maximum Gasteiger partial charge on any atom is 0.226 e. The third-order valence-electron chi connectivity index (χ3n) is 2.69. The topological polar surface area (TPSA) is 63.8 Å². The lowest BCUT2D eigenvalue weighted by molar-refractivity contribution is 0.373. The van der Waals surface area contributed by atoms with Crippen molar-refractivity contribution in [2.24, 2.45) is 0 Å². The van der Waals surface area contributed by atoms with Gasteiger partial charge in [0.05, 0.1) is 17.2 Å². The van der Waals surface area contributed by atoms with Gasteiger partial charge in [-0.1, -0.05) is 19.0 Å². The number of hydrogen-bond donors (Lipinski definition) is 1. The number of aromatic nitrogens is 3. The van der Waals surface area contributed by atoms with Crippen LogP contribution in [0.5, 0.6) is 0 Å². The van der Waals surface area contributed by atoms with Crippen molar-refractivity contribution in [1.29, 1.82) is 0 Å². The van der Waals surface area contributed by atoms with E-state index in [0.29, 0.717) is 18.3 Å². The number of nitrogens with zero attached hydrogens (tertiary/aromatic N) is 3. The zero-order valence-electron chi connectivity index (χ0n) is 10.9. The first-order valence-corrected chi connectivity index (χ1v) is 7.10. The summed E-state index contributed by atoms with van der Waals surface area (Å²) in [6, 6.07) is 0.199. The second kappa shape index (κ2) is 6.06. The molecule has 18 heavy (non-hydrogen) atoms. The molecule has 2 rings (SSSR count). The molecule has 0 aromatic carbocycles. The number of nitrogens with one attached hydrogen (secondary N) is 1. The Bertz CT molecular complexity index is 494. The Hall–Kier alpha value is -1.27. The molecule has 2 aromatic heterocycles. The fourth-order valence-electron chi connectivity index (χ4n) is 1.54. The van der Waals surface area contributed by atoms with E-state index in [1.54, 1.807) is 11.3 Å². The molecule has 5 nitrogen and oxygen atoms in total. The highest BCUT2D eigenvalue weighted by molar-refractivity contribution is 7.09. The van der Waals surface area contributed by atoms with Gasteiger partial charge in [0.2, 0.25) is 5.89 Å². The van der Waals surface area contributed by atoms with Gasteiger partial charge >= 0.3 is 0 Å². The van der Waals surface area contributed by atoms with Gasteiger partial charge < -0.3 is 9.84 Å². The molecule has 2 heterocycles. The molecule has 0 spiro atoms. The average Bonchev–Trinajstić information content (AvgIpc) is 3.04. The van der Waals surface area contributed by atoms with Crippen LogP contribution in [0.15, 0.2) is 9.90 Å². The van der Waals surface area contributed by atoms with E-state index in [0.717, 1.165) is 18.5 Å². The van der Waals surface area contributed by atoms with E-state index >= 15 is 0 Å². The van der Waals surface area contributed by atoms with Crippen molar-refractivity contribution in [3.05, 3.63) is 27.8 Å². The number of rotatable bonds is 6. The second-order valence-electron chi connectivity index (χ2n) is 4.08. The first-order valence-electron chi connectivity index (χ1n) is 6.22. The molecule has 0 saturated heterocycles. The summed E-state index contributed by atoms with van der Waals surface area (Å²) < 4.78 is 5.06. The number of hydrogen-bond acceptors (Lipinski definition) is 6. The van der Waals surface area contributed by atoms with Crippen LogP contribution >= 0.6 is 11.3 Å². The quantitative estimate of drug-likeness (QED) is 0.870. The molecule has 0 aliphatic heterocycles. The Morgan fingerprint density at radius 3 is 2.78 bits per heavy atom. The van der Waals surface area contributed by atoms with Crippen molar-refractivity contribution < 1.29 is 4.52 Å². The van der Waals surface area contributed by atoms with Gasteiger partial charge in [0.1, 0.15) is 0 Å². The van der Waals surface area contributed by atoms with E-state index in [-0.39, 0.29) is 6.04 Å². The smallest absolute Gasteiger partial charge is 0.226 e. The summed E-state index contributed by atoms with van der Waals surface area (Å²) in [6.45, 7) is 6.81.